The zero-order valence-electron chi connectivity index (χ0n) is 11.3. The van der Waals surface area contributed by atoms with Gasteiger partial charge in [0.25, 0.3) is 0 Å². The molecule has 1 aromatic carbocycles. The number of nitrogens with zero attached hydrogens (tertiary/aromatic N) is 3. The number of nitrogens with one attached hydrogen (secondary N) is 1. The van der Waals surface area contributed by atoms with Crippen LogP contribution in [0.5, 0.6) is 5.75 Å². The van der Waals surface area contributed by atoms with Gasteiger partial charge in [-0.15, -0.1) is 0 Å². The molecule has 2 aromatic rings. The number of aliphatic imine (C=N–C) groups is 1. The number of para-hydroxylation sites is 1. The molecule has 1 aromatic heterocycles. The lowest BCUT2D eigenvalue weighted by Crippen LogP contribution is -2.34. The van der Waals surface area contributed by atoms with Crippen LogP contribution in [0.3, 0.4) is 0 Å². The molecule has 0 aliphatic heterocycles. The number of hydrogen-bond acceptors (Lipinski definition) is 6. The maximum Gasteiger partial charge on any atom is 0.328 e. The summed E-state index contributed by atoms with van der Waals surface area (Å²) in [5.74, 6) is -0.190. The first-order chi connectivity index (χ1) is 10.1. The minimum Gasteiger partial charge on any atom is -0.423 e. The van der Waals surface area contributed by atoms with E-state index in [9.17, 15) is 4.79 Å². The number of benzene rings is 1. The fraction of sp³-hybridized carbons (Fsp3) is 0.333. The minimum atomic E-state index is -0.749. The average molecular weight is 291 g/mol. The lowest BCUT2D eigenvalue weighted by molar-refractivity contribution is -0.135. The zero-order valence-corrected chi connectivity index (χ0v) is 11.3. The first-order valence-electron chi connectivity index (χ1n) is 6.40. The van der Waals surface area contributed by atoms with Crippen molar-refractivity contribution in [2.75, 3.05) is 6.54 Å². The van der Waals surface area contributed by atoms with Crippen LogP contribution in [0.25, 0.3) is 11.0 Å². The van der Waals surface area contributed by atoms with E-state index in [1.807, 2.05) is 0 Å². The van der Waals surface area contributed by atoms with E-state index < -0.39 is 12.0 Å². The van der Waals surface area contributed by atoms with Crippen molar-refractivity contribution in [2.24, 2.45) is 22.2 Å². The molecule has 7 N–H and O–H groups in total. The van der Waals surface area contributed by atoms with Crippen molar-refractivity contribution in [3.63, 3.8) is 0 Å². The number of aromatic nitrogens is 3. The summed E-state index contributed by atoms with van der Waals surface area (Å²) in [5, 5.41) is 10.3. The Balaban J connectivity index is 1.91. The number of rotatable bonds is 6. The highest BCUT2D eigenvalue weighted by Crippen LogP contribution is 2.21. The van der Waals surface area contributed by atoms with E-state index in [4.69, 9.17) is 21.9 Å². The molecule has 0 saturated heterocycles. The van der Waals surface area contributed by atoms with E-state index in [1.54, 1.807) is 18.2 Å². The Kier molecular flexibility index (Phi) is 4.67. The van der Waals surface area contributed by atoms with Crippen molar-refractivity contribution in [2.45, 2.75) is 18.9 Å². The van der Waals surface area contributed by atoms with Gasteiger partial charge in [-0.3, -0.25) is 4.99 Å². The number of esters is 1. The maximum atomic E-state index is 11.9. The van der Waals surface area contributed by atoms with Crippen molar-refractivity contribution in [1.82, 2.24) is 15.4 Å². The molecular weight excluding hydrogens is 274 g/mol. The van der Waals surface area contributed by atoms with Gasteiger partial charge < -0.3 is 21.9 Å². The summed E-state index contributed by atoms with van der Waals surface area (Å²) in [6.45, 7) is 0.419. The molecule has 0 aliphatic rings. The van der Waals surface area contributed by atoms with Crippen molar-refractivity contribution in [3.8, 4) is 5.75 Å². The fourth-order valence-corrected chi connectivity index (χ4v) is 1.75. The van der Waals surface area contributed by atoms with Crippen LogP contribution in [-0.2, 0) is 4.79 Å². The number of carbonyl (C=O) groups excluding carboxylic acids is 1. The van der Waals surface area contributed by atoms with Gasteiger partial charge in [-0.25, -0.2) is 4.79 Å². The molecule has 9 heteroatoms. The molecular formula is C12H17N7O2. The van der Waals surface area contributed by atoms with Crippen LogP contribution >= 0.6 is 0 Å². The molecule has 21 heavy (non-hydrogen) atoms. The molecule has 0 bridgehead atoms. The molecule has 0 radical (unpaired) electrons. The highest BCUT2D eigenvalue weighted by molar-refractivity contribution is 5.85. The number of hydrogen-bond donors (Lipinski definition) is 4. The van der Waals surface area contributed by atoms with Crippen molar-refractivity contribution < 1.29 is 9.53 Å². The van der Waals surface area contributed by atoms with Gasteiger partial charge >= 0.3 is 5.97 Å². The van der Waals surface area contributed by atoms with Gasteiger partial charge in [0.1, 0.15) is 11.6 Å². The van der Waals surface area contributed by atoms with Crippen molar-refractivity contribution >= 4 is 23.0 Å². The van der Waals surface area contributed by atoms with Gasteiger partial charge in [-0.05, 0) is 25.0 Å². The van der Waals surface area contributed by atoms with Crippen LogP contribution in [0.2, 0.25) is 0 Å². The monoisotopic (exact) mass is 291 g/mol. The highest BCUT2D eigenvalue weighted by atomic mass is 16.5. The van der Waals surface area contributed by atoms with E-state index in [1.165, 1.54) is 0 Å². The Hall–Kier alpha value is -2.68. The Morgan fingerprint density at radius 1 is 1.38 bits per heavy atom. The number of fused-ring (bicyclic) bond motifs is 1. The average Bonchev–Trinajstić information content (AvgIpc) is 2.92. The number of guanidine groups is 1. The second-order valence-corrected chi connectivity index (χ2v) is 4.42. The van der Waals surface area contributed by atoms with E-state index in [2.05, 4.69) is 20.4 Å². The summed E-state index contributed by atoms with van der Waals surface area (Å²) < 4.78 is 5.25. The number of ether oxygens (including phenoxy) is 1. The number of nitrogens with two attached hydrogens (primary N) is 3. The normalized spacial score (nSPS) is 12.0. The molecule has 112 valence electrons. The maximum absolute atomic E-state index is 11.9. The van der Waals surface area contributed by atoms with Crippen LogP contribution in [0, 0.1) is 0 Å². The van der Waals surface area contributed by atoms with Crippen LogP contribution < -0.4 is 21.9 Å². The molecule has 2 rings (SSSR count). The molecule has 0 spiro atoms. The second-order valence-electron chi connectivity index (χ2n) is 4.42. The third-order valence-electron chi connectivity index (χ3n) is 2.79. The molecule has 0 saturated carbocycles. The molecule has 1 heterocycles. The van der Waals surface area contributed by atoms with Crippen LogP contribution in [0.1, 0.15) is 12.8 Å². The van der Waals surface area contributed by atoms with Crippen molar-refractivity contribution in [3.05, 3.63) is 18.2 Å². The molecule has 0 fully saturated rings. The molecule has 0 aliphatic carbocycles. The summed E-state index contributed by atoms with van der Waals surface area (Å²) in [7, 11) is 0. The molecule has 1 atom stereocenters. The molecule has 0 amide bonds. The smallest absolute Gasteiger partial charge is 0.328 e. The van der Waals surface area contributed by atoms with Crippen LogP contribution in [0.15, 0.2) is 23.2 Å². The standard InChI is InChI=1S/C12H17N7O2/c13-7(3-2-6-16-12(14)15)11(20)21-9-5-1-4-8-10(9)18-19-17-8/h1,4-5,7H,2-3,6,13H2,(H4,14,15,16)(H,17,18,19)/t7-/m0/s1. The van der Waals surface area contributed by atoms with Crippen LogP contribution in [0.4, 0.5) is 0 Å². The van der Waals surface area contributed by atoms with E-state index in [0.717, 1.165) is 0 Å². The van der Waals surface area contributed by atoms with Crippen molar-refractivity contribution in [1.29, 1.82) is 0 Å². The quantitative estimate of drug-likeness (QED) is 0.179. The summed E-state index contributed by atoms with van der Waals surface area (Å²) >= 11 is 0. The van der Waals surface area contributed by atoms with Gasteiger partial charge in [0.15, 0.2) is 17.2 Å². The third-order valence-corrected chi connectivity index (χ3v) is 2.79. The second kappa shape index (κ2) is 6.66. The largest absolute Gasteiger partial charge is 0.423 e. The summed E-state index contributed by atoms with van der Waals surface area (Å²) in [6, 6.07) is 4.36. The Morgan fingerprint density at radius 2 is 2.19 bits per heavy atom. The summed E-state index contributed by atoms with van der Waals surface area (Å²) in [5.41, 5.74) is 17.3. The summed E-state index contributed by atoms with van der Waals surface area (Å²) in [4.78, 5) is 15.7. The Morgan fingerprint density at radius 3 is 2.95 bits per heavy atom. The summed E-state index contributed by atoms with van der Waals surface area (Å²) in [6.07, 6.45) is 1.01. The van der Waals surface area contributed by atoms with E-state index in [0.29, 0.717) is 36.2 Å². The first-order valence-corrected chi connectivity index (χ1v) is 6.40. The molecule has 9 nitrogen and oxygen atoms in total. The number of H-pyrrole nitrogens is 1. The van der Waals surface area contributed by atoms with Gasteiger partial charge in [0, 0.05) is 6.54 Å². The van der Waals surface area contributed by atoms with Gasteiger partial charge in [0.05, 0.1) is 0 Å². The minimum absolute atomic E-state index is 0.0175. The predicted octanol–water partition coefficient (Wildman–Crippen LogP) is -0.756. The third kappa shape index (κ3) is 3.89. The van der Waals surface area contributed by atoms with E-state index >= 15 is 0 Å². The predicted molar refractivity (Wildman–Crippen MR) is 77.4 cm³/mol. The fourth-order valence-electron chi connectivity index (χ4n) is 1.75. The lowest BCUT2D eigenvalue weighted by Gasteiger charge is -2.10. The highest BCUT2D eigenvalue weighted by Gasteiger charge is 2.17. The van der Waals surface area contributed by atoms with Gasteiger partial charge in [-0.1, -0.05) is 6.07 Å². The van der Waals surface area contributed by atoms with E-state index in [-0.39, 0.29) is 5.96 Å². The van der Waals surface area contributed by atoms with Gasteiger partial charge in [-0.2, -0.15) is 15.4 Å². The lowest BCUT2D eigenvalue weighted by atomic mass is 10.2. The number of carbonyl (C=O) groups is 1. The number of aromatic amines is 1. The topological polar surface area (TPSA) is 158 Å². The van der Waals surface area contributed by atoms with Crippen LogP contribution in [-0.4, -0.2) is 39.9 Å². The van der Waals surface area contributed by atoms with Gasteiger partial charge in [0.2, 0.25) is 0 Å². The molecule has 0 unspecified atom stereocenters. The first kappa shape index (κ1) is 14.7. The SMILES string of the molecule is NC(N)=NCCC[C@H](N)C(=O)Oc1cccc2n[nH]nc12. The Bertz CT molecular complexity index is 648. The Labute approximate surface area is 120 Å². The zero-order chi connectivity index (χ0) is 15.2.